The normalized spacial score (nSPS) is 17.7. The number of aryl methyl sites for hydroxylation is 1. The zero-order chi connectivity index (χ0) is 13.2. The van der Waals surface area contributed by atoms with Crippen molar-refractivity contribution in [3.05, 3.63) is 22.4 Å². The van der Waals surface area contributed by atoms with Crippen LogP contribution in [0.1, 0.15) is 31.2 Å². The number of carbonyl (C=O) groups is 1. The lowest BCUT2D eigenvalue weighted by Crippen LogP contribution is -2.40. The molecule has 1 aliphatic carbocycles. The number of pyridine rings is 1. The molecule has 2 rings (SSSR count). The third-order valence-corrected chi connectivity index (χ3v) is 4.54. The second-order valence-corrected chi connectivity index (χ2v) is 5.73. The number of nitrogens with zero attached hydrogens (tertiary/aromatic N) is 1. The number of aromatic nitrogens is 1. The lowest BCUT2D eigenvalue weighted by Gasteiger charge is -2.25. The van der Waals surface area contributed by atoms with E-state index in [1.807, 2.05) is 13.0 Å². The van der Waals surface area contributed by atoms with Crippen LogP contribution in [0.2, 0.25) is 0 Å². The summed E-state index contributed by atoms with van der Waals surface area (Å²) < 4.78 is 0.801. The highest BCUT2D eigenvalue weighted by molar-refractivity contribution is 9.10. The van der Waals surface area contributed by atoms with Gasteiger partial charge in [0.05, 0.1) is 17.3 Å². The molecule has 4 nitrogen and oxygen atoms in total. The second-order valence-electron chi connectivity index (χ2n) is 4.98. The molecule has 0 aliphatic heterocycles. The number of hydrogen-bond donors (Lipinski definition) is 2. The Kier molecular flexibility index (Phi) is 4.02. The molecule has 18 heavy (non-hydrogen) atoms. The molecule has 0 aromatic carbocycles. The molecule has 0 spiro atoms. The Morgan fingerprint density at radius 1 is 1.56 bits per heavy atom. The van der Waals surface area contributed by atoms with Gasteiger partial charge in [-0.25, -0.2) is 4.98 Å². The Morgan fingerprint density at radius 3 is 2.78 bits per heavy atom. The molecule has 0 bridgehead atoms. The number of carbonyl (C=O) groups excluding carboxylic acids is 1. The van der Waals surface area contributed by atoms with Gasteiger partial charge in [0.2, 0.25) is 5.91 Å². The lowest BCUT2D eigenvalue weighted by atomic mass is 9.85. The maximum absolute atomic E-state index is 12.3. The molecule has 0 unspecified atom stereocenters. The summed E-state index contributed by atoms with van der Waals surface area (Å²) >= 11 is 3.34. The molecule has 1 heterocycles. The quantitative estimate of drug-likeness (QED) is 0.843. The number of anilines is 1. The molecule has 1 amide bonds. The Labute approximate surface area is 115 Å². The van der Waals surface area contributed by atoms with Crippen LogP contribution in [0.4, 0.5) is 5.69 Å². The average molecular weight is 312 g/mol. The standard InChI is InChI=1S/C13H18BrN3O/c1-9-6-10(7-16-11(9)14)17-12(18)13(8-15)4-2-3-5-13/h6-7H,2-5,8,15H2,1H3,(H,17,18). The predicted octanol–water partition coefficient (Wildman–Crippen LogP) is 2.61. The summed E-state index contributed by atoms with van der Waals surface area (Å²) in [6.45, 7) is 2.36. The Hall–Kier alpha value is -0.940. The van der Waals surface area contributed by atoms with Crippen LogP contribution in [0.5, 0.6) is 0 Å². The van der Waals surface area contributed by atoms with E-state index in [-0.39, 0.29) is 11.3 Å². The van der Waals surface area contributed by atoms with E-state index in [1.165, 1.54) is 0 Å². The van der Waals surface area contributed by atoms with Crippen LogP contribution in [0.25, 0.3) is 0 Å². The molecule has 1 aromatic rings. The molecule has 0 saturated heterocycles. The zero-order valence-corrected chi connectivity index (χ0v) is 12.1. The van der Waals surface area contributed by atoms with Crippen molar-refractivity contribution in [3.8, 4) is 0 Å². The van der Waals surface area contributed by atoms with E-state index >= 15 is 0 Å². The monoisotopic (exact) mass is 311 g/mol. The van der Waals surface area contributed by atoms with Gasteiger partial charge in [-0.1, -0.05) is 12.8 Å². The van der Waals surface area contributed by atoms with E-state index in [1.54, 1.807) is 6.20 Å². The minimum absolute atomic E-state index is 0.0334. The van der Waals surface area contributed by atoms with Gasteiger partial charge >= 0.3 is 0 Å². The maximum atomic E-state index is 12.3. The number of hydrogen-bond acceptors (Lipinski definition) is 3. The zero-order valence-electron chi connectivity index (χ0n) is 10.5. The van der Waals surface area contributed by atoms with Gasteiger partial charge in [0, 0.05) is 6.54 Å². The third kappa shape index (κ3) is 2.57. The summed E-state index contributed by atoms with van der Waals surface area (Å²) in [7, 11) is 0. The van der Waals surface area contributed by atoms with Crippen molar-refractivity contribution in [2.45, 2.75) is 32.6 Å². The Morgan fingerprint density at radius 2 is 2.22 bits per heavy atom. The highest BCUT2D eigenvalue weighted by Crippen LogP contribution is 2.38. The Balaban J connectivity index is 2.13. The molecule has 0 radical (unpaired) electrons. The van der Waals surface area contributed by atoms with Gasteiger partial charge in [0.15, 0.2) is 0 Å². The first-order chi connectivity index (χ1) is 8.57. The molecule has 1 saturated carbocycles. The molecule has 5 heteroatoms. The number of rotatable bonds is 3. The van der Waals surface area contributed by atoms with Gasteiger partial charge in [-0.15, -0.1) is 0 Å². The minimum atomic E-state index is -0.374. The van der Waals surface area contributed by atoms with Crippen molar-refractivity contribution in [3.63, 3.8) is 0 Å². The van der Waals surface area contributed by atoms with Gasteiger partial charge < -0.3 is 11.1 Å². The van der Waals surface area contributed by atoms with E-state index in [0.717, 1.165) is 41.5 Å². The van der Waals surface area contributed by atoms with Crippen LogP contribution in [0, 0.1) is 12.3 Å². The van der Waals surface area contributed by atoms with Crippen molar-refractivity contribution in [1.29, 1.82) is 0 Å². The molecule has 1 aliphatic rings. The smallest absolute Gasteiger partial charge is 0.231 e. The number of nitrogens with two attached hydrogens (primary N) is 1. The van der Waals surface area contributed by atoms with Crippen LogP contribution < -0.4 is 11.1 Å². The van der Waals surface area contributed by atoms with Crippen molar-refractivity contribution in [1.82, 2.24) is 4.98 Å². The van der Waals surface area contributed by atoms with E-state index in [4.69, 9.17) is 5.73 Å². The van der Waals surface area contributed by atoms with E-state index < -0.39 is 0 Å². The SMILES string of the molecule is Cc1cc(NC(=O)C2(CN)CCCC2)cnc1Br. The van der Waals surface area contributed by atoms with Crippen LogP contribution in [-0.4, -0.2) is 17.4 Å². The van der Waals surface area contributed by atoms with Gasteiger partial charge in [-0.05, 0) is 47.3 Å². The molecular weight excluding hydrogens is 294 g/mol. The predicted molar refractivity (Wildman–Crippen MR) is 75.3 cm³/mol. The average Bonchev–Trinajstić information content (AvgIpc) is 2.84. The molecule has 1 aromatic heterocycles. The summed E-state index contributed by atoms with van der Waals surface area (Å²) in [5, 5.41) is 2.94. The van der Waals surface area contributed by atoms with Crippen LogP contribution in [0.3, 0.4) is 0 Å². The fraction of sp³-hybridized carbons (Fsp3) is 0.538. The second kappa shape index (κ2) is 5.36. The van der Waals surface area contributed by atoms with Crippen LogP contribution in [0.15, 0.2) is 16.9 Å². The lowest BCUT2D eigenvalue weighted by molar-refractivity contribution is -0.124. The number of nitrogens with one attached hydrogen (secondary N) is 1. The fourth-order valence-corrected chi connectivity index (χ4v) is 2.68. The largest absolute Gasteiger partial charge is 0.329 e. The summed E-state index contributed by atoms with van der Waals surface area (Å²) in [6.07, 6.45) is 5.61. The summed E-state index contributed by atoms with van der Waals surface area (Å²) in [4.78, 5) is 16.5. The van der Waals surface area contributed by atoms with E-state index in [9.17, 15) is 4.79 Å². The van der Waals surface area contributed by atoms with Crippen LogP contribution in [-0.2, 0) is 4.79 Å². The first kappa shape index (κ1) is 13.5. The Bertz CT molecular complexity index is 456. The first-order valence-electron chi connectivity index (χ1n) is 6.21. The van der Waals surface area contributed by atoms with Gasteiger partial charge in [0.1, 0.15) is 4.60 Å². The van der Waals surface area contributed by atoms with Crippen molar-refractivity contribution >= 4 is 27.5 Å². The van der Waals surface area contributed by atoms with E-state index in [0.29, 0.717) is 6.54 Å². The van der Waals surface area contributed by atoms with Gasteiger partial charge in [0.25, 0.3) is 0 Å². The molecule has 0 atom stereocenters. The van der Waals surface area contributed by atoms with E-state index in [2.05, 4.69) is 26.2 Å². The molecule has 3 N–H and O–H groups in total. The summed E-state index contributed by atoms with van der Waals surface area (Å²) in [5.41, 5.74) is 7.16. The van der Waals surface area contributed by atoms with Gasteiger partial charge in [-0.2, -0.15) is 0 Å². The highest BCUT2D eigenvalue weighted by atomic mass is 79.9. The third-order valence-electron chi connectivity index (χ3n) is 3.71. The minimum Gasteiger partial charge on any atom is -0.329 e. The van der Waals surface area contributed by atoms with Gasteiger partial charge in [-0.3, -0.25) is 4.79 Å². The summed E-state index contributed by atoms with van der Waals surface area (Å²) in [6, 6.07) is 1.91. The maximum Gasteiger partial charge on any atom is 0.231 e. The fourth-order valence-electron chi connectivity index (χ4n) is 2.47. The molecule has 98 valence electrons. The first-order valence-corrected chi connectivity index (χ1v) is 7.00. The number of amides is 1. The van der Waals surface area contributed by atoms with Crippen molar-refractivity contribution < 1.29 is 4.79 Å². The van der Waals surface area contributed by atoms with Crippen molar-refractivity contribution in [2.75, 3.05) is 11.9 Å². The van der Waals surface area contributed by atoms with Crippen molar-refractivity contribution in [2.24, 2.45) is 11.1 Å². The number of halogens is 1. The van der Waals surface area contributed by atoms with Crippen LogP contribution >= 0.6 is 15.9 Å². The topological polar surface area (TPSA) is 68.0 Å². The highest BCUT2D eigenvalue weighted by Gasteiger charge is 2.39. The molecular formula is C13H18BrN3O. The summed E-state index contributed by atoms with van der Waals surface area (Å²) in [5.74, 6) is 0.0334. The molecule has 1 fully saturated rings.